The Morgan fingerprint density at radius 2 is 1.42 bits per heavy atom. The zero-order chi connectivity index (χ0) is 9.94. The van der Waals surface area contributed by atoms with Gasteiger partial charge in [-0.1, -0.05) is 34.6 Å². The van der Waals surface area contributed by atoms with Crippen molar-refractivity contribution in [2.45, 2.75) is 47.0 Å². The van der Waals surface area contributed by atoms with Crippen LogP contribution in [0.4, 0.5) is 8.78 Å². The monoisotopic (exact) mass is 178 g/mol. The molecule has 12 heavy (non-hydrogen) atoms. The van der Waals surface area contributed by atoms with Gasteiger partial charge in [0.15, 0.2) is 0 Å². The molecule has 0 aromatic rings. The van der Waals surface area contributed by atoms with Crippen LogP contribution >= 0.6 is 0 Å². The smallest absolute Gasteiger partial charge is 0.207 e. The quantitative estimate of drug-likeness (QED) is 0.611. The van der Waals surface area contributed by atoms with Gasteiger partial charge >= 0.3 is 0 Å². The summed E-state index contributed by atoms with van der Waals surface area (Å²) in [4.78, 5) is 0. The number of hydrogen-bond donors (Lipinski definition) is 0. The highest BCUT2D eigenvalue weighted by molar-refractivity contribution is 4.74. The lowest BCUT2D eigenvalue weighted by Gasteiger charge is -2.25. The van der Waals surface area contributed by atoms with Gasteiger partial charge in [0, 0.05) is 12.3 Å². The van der Waals surface area contributed by atoms with Crippen molar-refractivity contribution in [1.29, 1.82) is 0 Å². The molecule has 0 aromatic carbocycles. The second-order valence-corrected chi connectivity index (χ2v) is 4.34. The van der Waals surface area contributed by atoms with Crippen molar-refractivity contribution in [3.05, 3.63) is 0 Å². The fourth-order valence-corrected chi connectivity index (χ4v) is 0.901. The molecule has 0 aliphatic heterocycles. The third kappa shape index (κ3) is 3.51. The van der Waals surface area contributed by atoms with Crippen molar-refractivity contribution in [1.82, 2.24) is 0 Å². The Labute approximate surface area is 74.4 Å². The largest absolute Gasteiger partial charge is 0.250 e. The predicted molar refractivity (Wildman–Crippen MR) is 48.4 cm³/mol. The fourth-order valence-electron chi connectivity index (χ4n) is 0.901. The van der Waals surface area contributed by atoms with E-state index in [1.165, 1.54) is 0 Å². The summed E-state index contributed by atoms with van der Waals surface area (Å²) in [5.41, 5.74) is 0. The molecule has 0 saturated heterocycles. The molecule has 2 heteroatoms. The van der Waals surface area contributed by atoms with Crippen molar-refractivity contribution in [2.24, 2.45) is 17.8 Å². The summed E-state index contributed by atoms with van der Waals surface area (Å²) in [7, 11) is 0. The molecule has 1 atom stereocenters. The second-order valence-electron chi connectivity index (χ2n) is 4.34. The Morgan fingerprint density at radius 3 is 1.67 bits per heavy atom. The molecule has 0 saturated carbocycles. The standard InChI is InChI=1S/C10H20F2/c1-7(2)9(5)6-10(11,12)8(3)4/h7-9H,6H2,1-5H3/t9-/m1/s1. The van der Waals surface area contributed by atoms with Crippen molar-refractivity contribution in [3.8, 4) is 0 Å². The molecule has 0 unspecified atom stereocenters. The van der Waals surface area contributed by atoms with Gasteiger partial charge in [0.25, 0.3) is 5.92 Å². The first kappa shape index (κ1) is 11.9. The molecule has 0 radical (unpaired) electrons. The van der Waals surface area contributed by atoms with Crippen molar-refractivity contribution in [3.63, 3.8) is 0 Å². The first-order valence-electron chi connectivity index (χ1n) is 4.65. The molecule has 0 amide bonds. The van der Waals surface area contributed by atoms with Crippen LogP contribution in [0.2, 0.25) is 0 Å². The van der Waals surface area contributed by atoms with E-state index in [9.17, 15) is 8.78 Å². The predicted octanol–water partition coefficient (Wildman–Crippen LogP) is 3.96. The Balaban J connectivity index is 4.05. The highest BCUT2D eigenvalue weighted by Crippen LogP contribution is 2.33. The van der Waals surface area contributed by atoms with E-state index in [0.717, 1.165) is 0 Å². The number of halogens is 2. The van der Waals surface area contributed by atoms with Crippen molar-refractivity contribution >= 4 is 0 Å². The minimum Gasteiger partial charge on any atom is -0.207 e. The highest BCUT2D eigenvalue weighted by Gasteiger charge is 2.35. The van der Waals surface area contributed by atoms with Crippen LogP contribution in [-0.4, -0.2) is 5.92 Å². The van der Waals surface area contributed by atoms with Crippen LogP contribution in [-0.2, 0) is 0 Å². The lowest BCUT2D eigenvalue weighted by Crippen LogP contribution is -2.27. The Morgan fingerprint density at radius 1 is 1.00 bits per heavy atom. The van der Waals surface area contributed by atoms with Gasteiger partial charge in [-0.15, -0.1) is 0 Å². The first-order chi connectivity index (χ1) is 5.27. The molecular weight excluding hydrogens is 158 g/mol. The van der Waals surface area contributed by atoms with Crippen LogP contribution in [0.3, 0.4) is 0 Å². The molecule has 0 heterocycles. The van der Waals surface area contributed by atoms with Crippen LogP contribution in [0.15, 0.2) is 0 Å². The fraction of sp³-hybridized carbons (Fsp3) is 1.00. The maximum absolute atomic E-state index is 13.2. The number of rotatable bonds is 4. The number of hydrogen-bond acceptors (Lipinski definition) is 0. The van der Waals surface area contributed by atoms with E-state index in [2.05, 4.69) is 0 Å². The molecule has 0 N–H and O–H groups in total. The van der Waals surface area contributed by atoms with Gasteiger partial charge in [0.05, 0.1) is 0 Å². The average Bonchev–Trinajstić information content (AvgIpc) is 1.85. The summed E-state index contributed by atoms with van der Waals surface area (Å²) in [6.07, 6.45) is 0.0162. The lowest BCUT2D eigenvalue weighted by molar-refractivity contribution is -0.0676. The maximum Gasteiger partial charge on any atom is 0.250 e. The van der Waals surface area contributed by atoms with Crippen LogP contribution in [0.1, 0.15) is 41.0 Å². The van der Waals surface area contributed by atoms with Crippen LogP contribution in [0.25, 0.3) is 0 Å². The van der Waals surface area contributed by atoms with Crippen LogP contribution in [0.5, 0.6) is 0 Å². The molecule has 74 valence electrons. The summed E-state index contributed by atoms with van der Waals surface area (Å²) in [5, 5.41) is 0. The van der Waals surface area contributed by atoms with E-state index in [1.807, 2.05) is 20.8 Å². The summed E-state index contributed by atoms with van der Waals surface area (Å²) in [6, 6.07) is 0. The van der Waals surface area contributed by atoms with Crippen LogP contribution < -0.4 is 0 Å². The zero-order valence-electron chi connectivity index (χ0n) is 8.70. The van der Waals surface area contributed by atoms with E-state index < -0.39 is 11.8 Å². The van der Waals surface area contributed by atoms with Gasteiger partial charge in [0.1, 0.15) is 0 Å². The molecule has 0 aromatic heterocycles. The summed E-state index contributed by atoms with van der Waals surface area (Å²) < 4.78 is 26.3. The Kier molecular flexibility index (Phi) is 4.15. The minimum absolute atomic E-state index is 0.0162. The molecule has 0 aliphatic rings. The molecule has 0 bridgehead atoms. The third-order valence-corrected chi connectivity index (χ3v) is 2.58. The van der Waals surface area contributed by atoms with E-state index in [-0.39, 0.29) is 12.3 Å². The van der Waals surface area contributed by atoms with Gasteiger partial charge < -0.3 is 0 Å². The van der Waals surface area contributed by atoms with E-state index in [4.69, 9.17) is 0 Å². The zero-order valence-corrected chi connectivity index (χ0v) is 8.70. The van der Waals surface area contributed by atoms with Gasteiger partial charge in [-0.2, -0.15) is 0 Å². The summed E-state index contributed by atoms with van der Waals surface area (Å²) in [5.74, 6) is -2.60. The van der Waals surface area contributed by atoms with Crippen molar-refractivity contribution in [2.75, 3.05) is 0 Å². The highest BCUT2D eigenvalue weighted by atomic mass is 19.3. The maximum atomic E-state index is 13.2. The van der Waals surface area contributed by atoms with E-state index in [1.54, 1.807) is 13.8 Å². The Bertz CT molecular complexity index is 128. The van der Waals surface area contributed by atoms with Gasteiger partial charge in [-0.05, 0) is 11.8 Å². The molecule has 0 fully saturated rings. The molecular formula is C10H20F2. The van der Waals surface area contributed by atoms with E-state index in [0.29, 0.717) is 5.92 Å². The van der Waals surface area contributed by atoms with Gasteiger partial charge in [0.2, 0.25) is 0 Å². The second kappa shape index (κ2) is 4.20. The molecule has 0 nitrogen and oxygen atoms in total. The first-order valence-corrected chi connectivity index (χ1v) is 4.65. The summed E-state index contributed by atoms with van der Waals surface area (Å²) in [6.45, 7) is 9.02. The lowest BCUT2D eigenvalue weighted by atomic mass is 9.88. The minimum atomic E-state index is -2.50. The topological polar surface area (TPSA) is 0 Å². The summed E-state index contributed by atoms with van der Waals surface area (Å²) >= 11 is 0. The van der Waals surface area contributed by atoms with Gasteiger partial charge in [-0.3, -0.25) is 0 Å². The van der Waals surface area contributed by atoms with Gasteiger partial charge in [-0.25, -0.2) is 8.78 Å². The average molecular weight is 178 g/mol. The Hall–Kier alpha value is -0.140. The van der Waals surface area contributed by atoms with Crippen molar-refractivity contribution < 1.29 is 8.78 Å². The normalized spacial score (nSPS) is 15.8. The SMILES string of the molecule is CC(C)[C@H](C)CC(F)(F)C(C)C. The number of alkyl halides is 2. The molecule has 0 spiro atoms. The molecule has 0 rings (SSSR count). The van der Waals surface area contributed by atoms with Crippen LogP contribution in [0, 0.1) is 17.8 Å². The molecule has 0 aliphatic carbocycles. The third-order valence-electron chi connectivity index (χ3n) is 2.58. The van der Waals surface area contributed by atoms with E-state index >= 15 is 0 Å².